The molecule has 0 spiro atoms. The molecule has 5 aromatic rings. The fourth-order valence-electron chi connectivity index (χ4n) is 3.07. The Morgan fingerprint density at radius 1 is 1.00 bits per heavy atom. The van der Waals surface area contributed by atoms with E-state index in [2.05, 4.69) is 30.5 Å². The Balaban J connectivity index is 1.63. The molecule has 126 valence electrons. The minimum atomic E-state index is -0.267. The number of halogens is 1. The second-order valence-corrected chi connectivity index (χ2v) is 5.95. The van der Waals surface area contributed by atoms with Crippen LogP contribution in [0.5, 0.6) is 0 Å². The van der Waals surface area contributed by atoms with E-state index in [0.717, 1.165) is 33.1 Å². The highest BCUT2D eigenvalue weighted by molar-refractivity contribution is 6.02. The molecular weight excluding hydrogens is 331 g/mol. The molecule has 0 aliphatic heterocycles. The van der Waals surface area contributed by atoms with Crippen LogP contribution in [0.25, 0.3) is 33.1 Å². The highest BCUT2D eigenvalue weighted by atomic mass is 19.1. The van der Waals surface area contributed by atoms with Gasteiger partial charge in [0.25, 0.3) is 0 Å². The van der Waals surface area contributed by atoms with Crippen molar-refractivity contribution in [2.75, 3.05) is 5.32 Å². The number of nitrogens with zero attached hydrogens (tertiary/aromatic N) is 3. The van der Waals surface area contributed by atoms with Crippen molar-refractivity contribution in [3.05, 3.63) is 67.0 Å². The van der Waals surface area contributed by atoms with Crippen LogP contribution in [0.2, 0.25) is 0 Å². The summed E-state index contributed by atoms with van der Waals surface area (Å²) in [5.74, 6) is 0.412. The molecule has 6 nitrogen and oxygen atoms in total. The summed E-state index contributed by atoms with van der Waals surface area (Å²) >= 11 is 0. The lowest BCUT2D eigenvalue weighted by atomic mass is 10.1. The van der Waals surface area contributed by atoms with Gasteiger partial charge in [-0.25, -0.2) is 14.4 Å². The standard InChI is InChI=1S/C19H13FN6/c20-13-3-1-11(2-4-13)15-9-21-18-17(15)19(23-10-22-18)25-14-5-6-16-12(7-14)8-24-26-16/h1-10H,(H,24,26)(H2,21,22,23,25). The van der Waals surface area contributed by atoms with Crippen molar-refractivity contribution in [1.29, 1.82) is 0 Å². The fraction of sp³-hybridized carbons (Fsp3) is 0. The van der Waals surface area contributed by atoms with Crippen LogP contribution in [0.15, 0.2) is 61.2 Å². The largest absolute Gasteiger partial charge is 0.345 e. The summed E-state index contributed by atoms with van der Waals surface area (Å²) in [5, 5.41) is 12.2. The van der Waals surface area contributed by atoms with E-state index < -0.39 is 0 Å². The second kappa shape index (κ2) is 5.66. The molecule has 0 aliphatic rings. The van der Waals surface area contributed by atoms with Gasteiger partial charge in [0.15, 0.2) is 0 Å². The molecule has 0 amide bonds. The summed E-state index contributed by atoms with van der Waals surface area (Å²) in [6.07, 6.45) is 5.14. The van der Waals surface area contributed by atoms with Crippen molar-refractivity contribution in [2.45, 2.75) is 0 Å². The van der Waals surface area contributed by atoms with E-state index >= 15 is 0 Å². The molecular formula is C19H13FN6. The van der Waals surface area contributed by atoms with Gasteiger partial charge >= 0.3 is 0 Å². The van der Waals surface area contributed by atoms with E-state index in [-0.39, 0.29) is 5.82 Å². The Kier molecular flexibility index (Phi) is 3.18. The van der Waals surface area contributed by atoms with Gasteiger partial charge in [0.1, 0.15) is 23.6 Å². The number of rotatable bonds is 3. The monoisotopic (exact) mass is 344 g/mol. The lowest BCUT2D eigenvalue weighted by Gasteiger charge is -2.08. The van der Waals surface area contributed by atoms with Gasteiger partial charge in [0.05, 0.1) is 17.1 Å². The van der Waals surface area contributed by atoms with E-state index in [4.69, 9.17) is 0 Å². The third kappa shape index (κ3) is 2.37. The van der Waals surface area contributed by atoms with Gasteiger partial charge in [-0.1, -0.05) is 12.1 Å². The van der Waals surface area contributed by atoms with Crippen molar-refractivity contribution < 1.29 is 4.39 Å². The van der Waals surface area contributed by atoms with E-state index in [1.807, 2.05) is 24.4 Å². The van der Waals surface area contributed by atoms with Crippen molar-refractivity contribution in [2.24, 2.45) is 0 Å². The van der Waals surface area contributed by atoms with Crippen LogP contribution in [0, 0.1) is 5.82 Å². The van der Waals surface area contributed by atoms with E-state index in [0.29, 0.717) is 11.5 Å². The predicted molar refractivity (Wildman–Crippen MR) is 98.7 cm³/mol. The van der Waals surface area contributed by atoms with Crippen LogP contribution < -0.4 is 5.32 Å². The van der Waals surface area contributed by atoms with Gasteiger partial charge in [-0.2, -0.15) is 5.10 Å². The number of anilines is 2. The first-order valence-electron chi connectivity index (χ1n) is 8.06. The summed E-state index contributed by atoms with van der Waals surface area (Å²) < 4.78 is 13.3. The Morgan fingerprint density at radius 2 is 1.88 bits per heavy atom. The maximum atomic E-state index is 13.3. The zero-order chi connectivity index (χ0) is 17.5. The fourth-order valence-corrected chi connectivity index (χ4v) is 3.07. The van der Waals surface area contributed by atoms with Gasteiger partial charge in [-0.15, -0.1) is 0 Å². The Labute approximate surface area is 147 Å². The molecule has 0 radical (unpaired) electrons. The lowest BCUT2D eigenvalue weighted by molar-refractivity contribution is 0.628. The Bertz CT molecular complexity index is 1220. The number of hydrogen-bond acceptors (Lipinski definition) is 4. The molecule has 3 aromatic heterocycles. The average Bonchev–Trinajstić information content (AvgIpc) is 3.29. The van der Waals surface area contributed by atoms with Gasteiger partial charge in [0, 0.05) is 22.8 Å². The van der Waals surface area contributed by atoms with Gasteiger partial charge in [-0.3, -0.25) is 5.10 Å². The number of benzene rings is 2. The molecule has 7 heteroatoms. The quantitative estimate of drug-likeness (QED) is 0.453. The number of hydrogen-bond donors (Lipinski definition) is 3. The molecule has 0 fully saturated rings. The van der Waals surface area contributed by atoms with E-state index in [9.17, 15) is 4.39 Å². The van der Waals surface area contributed by atoms with Crippen LogP contribution in [0.3, 0.4) is 0 Å². The normalized spacial score (nSPS) is 11.3. The molecule has 5 rings (SSSR count). The molecule has 2 aromatic carbocycles. The molecule has 0 saturated carbocycles. The lowest BCUT2D eigenvalue weighted by Crippen LogP contribution is -1.95. The Morgan fingerprint density at radius 3 is 2.77 bits per heavy atom. The number of nitrogens with one attached hydrogen (secondary N) is 3. The minimum absolute atomic E-state index is 0.267. The number of fused-ring (bicyclic) bond motifs is 2. The molecule has 0 bridgehead atoms. The third-order valence-electron chi connectivity index (χ3n) is 4.33. The van der Waals surface area contributed by atoms with E-state index in [1.54, 1.807) is 18.3 Å². The average molecular weight is 344 g/mol. The van der Waals surface area contributed by atoms with E-state index in [1.165, 1.54) is 18.5 Å². The summed E-state index contributed by atoms with van der Waals surface area (Å²) in [6, 6.07) is 12.3. The zero-order valence-corrected chi connectivity index (χ0v) is 13.5. The molecule has 26 heavy (non-hydrogen) atoms. The summed E-state index contributed by atoms with van der Waals surface area (Å²) in [5.41, 5.74) is 4.38. The van der Waals surface area contributed by atoms with Gasteiger partial charge in [-0.05, 0) is 35.9 Å². The van der Waals surface area contributed by atoms with Crippen LogP contribution in [-0.4, -0.2) is 25.1 Å². The maximum Gasteiger partial charge on any atom is 0.143 e. The topological polar surface area (TPSA) is 82.3 Å². The highest BCUT2D eigenvalue weighted by Crippen LogP contribution is 2.33. The van der Waals surface area contributed by atoms with Crippen LogP contribution in [0.4, 0.5) is 15.9 Å². The second-order valence-electron chi connectivity index (χ2n) is 5.95. The molecule has 0 saturated heterocycles. The summed E-state index contributed by atoms with van der Waals surface area (Å²) in [6.45, 7) is 0. The Hall–Kier alpha value is -3.74. The third-order valence-corrected chi connectivity index (χ3v) is 4.33. The van der Waals surface area contributed by atoms with Crippen LogP contribution >= 0.6 is 0 Å². The minimum Gasteiger partial charge on any atom is -0.345 e. The van der Waals surface area contributed by atoms with Crippen molar-refractivity contribution in [3.63, 3.8) is 0 Å². The molecule has 3 heterocycles. The van der Waals surface area contributed by atoms with Crippen molar-refractivity contribution in [3.8, 4) is 11.1 Å². The molecule has 3 N–H and O–H groups in total. The first-order chi connectivity index (χ1) is 12.8. The predicted octanol–water partition coefficient (Wildman–Crippen LogP) is 4.38. The maximum absolute atomic E-state index is 13.3. The van der Waals surface area contributed by atoms with Crippen LogP contribution in [0.1, 0.15) is 0 Å². The first-order valence-corrected chi connectivity index (χ1v) is 8.06. The smallest absolute Gasteiger partial charge is 0.143 e. The van der Waals surface area contributed by atoms with Crippen molar-refractivity contribution >= 4 is 33.4 Å². The number of aromatic amines is 2. The molecule has 0 aliphatic carbocycles. The SMILES string of the molecule is Fc1ccc(-c2c[nH]c3ncnc(Nc4ccc5[nH]ncc5c4)c23)cc1. The zero-order valence-electron chi connectivity index (χ0n) is 13.5. The van der Waals surface area contributed by atoms with Crippen molar-refractivity contribution in [1.82, 2.24) is 25.1 Å². The molecule has 0 atom stereocenters. The summed E-state index contributed by atoms with van der Waals surface area (Å²) in [4.78, 5) is 11.9. The van der Waals surface area contributed by atoms with Gasteiger partial charge < -0.3 is 10.3 Å². The number of aromatic nitrogens is 5. The first kappa shape index (κ1) is 14.6. The highest BCUT2D eigenvalue weighted by Gasteiger charge is 2.13. The number of H-pyrrole nitrogens is 2. The van der Waals surface area contributed by atoms with Crippen LogP contribution in [-0.2, 0) is 0 Å². The summed E-state index contributed by atoms with van der Waals surface area (Å²) in [7, 11) is 0. The van der Waals surface area contributed by atoms with Gasteiger partial charge in [0.2, 0.25) is 0 Å². The molecule has 0 unspecified atom stereocenters.